The number of anilines is 1. The molecule has 2 aromatic heterocycles. The predicted molar refractivity (Wildman–Crippen MR) is 73.6 cm³/mol. The van der Waals surface area contributed by atoms with Crippen LogP contribution < -0.4 is 10.1 Å². The Hall–Kier alpha value is -2.90. The van der Waals surface area contributed by atoms with Crippen LogP contribution in [0.15, 0.2) is 18.3 Å². The van der Waals surface area contributed by atoms with Crippen molar-refractivity contribution in [1.29, 1.82) is 0 Å². The van der Waals surface area contributed by atoms with Crippen molar-refractivity contribution >= 4 is 17.6 Å². The van der Waals surface area contributed by atoms with Crippen LogP contribution in [-0.2, 0) is 7.05 Å². The molecule has 0 atom stereocenters. The Morgan fingerprint density at radius 2 is 2.10 bits per heavy atom. The zero-order valence-corrected chi connectivity index (χ0v) is 11.7. The number of carboxylic acid groups (broad SMARTS) is 1. The van der Waals surface area contributed by atoms with Crippen LogP contribution in [0.2, 0.25) is 0 Å². The van der Waals surface area contributed by atoms with Gasteiger partial charge in [-0.2, -0.15) is 5.10 Å². The fourth-order valence-electron chi connectivity index (χ4n) is 1.86. The average Bonchev–Trinajstić information content (AvgIpc) is 2.72. The minimum Gasteiger partial charge on any atom is -0.480 e. The molecule has 0 aliphatic heterocycles. The van der Waals surface area contributed by atoms with Gasteiger partial charge in [0.2, 0.25) is 5.88 Å². The molecule has 0 aliphatic carbocycles. The lowest BCUT2D eigenvalue weighted by Crippen LogP contribution is -2.14. The van der Waals surface area contributed by atoms with E-state index in [2.05, 4.69) is 15.4 Å². The first-order valence-corrected chi connectivity index (χ1v) is 6.02. The zero-order valence-electron chi connectivity index (χ0n) is 11.7. The number of ether oxygens (including phenoxy) is 1. The topological polar surface area (TPSA) is 106 Å². The number of carboxylic acids is 1. The summed E-state index contributed by atoms with van der Waals surface area (Å²) in [6.45, 7) is 1.74. The lowest BCUT2D eigenvalue weighted by Gasteiger charge is -2.07. The summed E-state index contributed by atoms with van der Waals surface area (Å²) in [6.07, 6.45) is 1.21. The minimum absolute atomic E-state index is 0.123. The first kappa shape index (κ1) is 14.5. The molecule has 8 heteroatoms. The normalized spacial score (nSPS) is 10.2. The summed E-state index contributed by atoms with van der Waals surface area (Å²) >= 11 is 0. The molecule has 1 amide bonds. The number of methoxy groups -OCH3 is 1. The zero-order chi connectivity index (χ0) is 15.6. The van der Waals surface area contributed by atoms with Crippen molar-refractivity contribution in [3.8, 4) is 5.88 Å². The molecule has 0 fully saturated rings. The number of aromatic nitrogens is 3. The van der Waals surface area contributed by atoms with E-state index in [0.717, 1.165) is 0 Å². The molecule has 2 aromatic rings. The molecule has 8 nitrogen and oxygen atoms in total. The van der Waals surface area contributed by atoms with E-state index in [1.807, 2.05) is 0 Å². The highest BCUT2D eigenvalue weighted by Gasteiger charge is 2.17. The number of nitrogens with one attached hydrogen (secondary N) is 1. The van der Waals surface area contributed by atoms with Crippen LogP contribution in [-0.4, -0.2) is 38.9 Å². The van der Waals surface area contributed by atoms with Gasteiger partial charge >= 0.3 is 5.97 Å². The molecule has 2 rings (SSSR count). The number of aromatic carboxylic acids is 1. The maximum Gasteiger partial charge on any atom is 0.354 e. The van der Waals surface area contributed by atoms with Gasteiger partial charge in [-0.3, -0.25) is 4.79 Å². The van der Waals surface area contributed by atoms with Crippen molar-refractivity contribution in [2.75, 3.05) is 12.4 Å². The summed E-state index contributed by atoms with van der Waals surface area (Å²) in [6, 6.07) is 2.66. The first-order valence-electron chi connectivity index (χ1n) is 6.02. The molecule has 0 aromatic carbocycles. The molecule has 2 N–H and O–H groups in total. The van der Waals surface area contributed by atoms with E-state index in [9.17, 15) is 9.59 Å². The minimum atomic E-state index is -1.15. The van der Waals surface area contributed by atoms with E-state index in [0.29, 0.717) is 17.3 Å². The van der Waals surface area contributed by atoms with Crippen LogP contribution in [0.5, 0.6) is 5.88 Å². The van der Waals surface area contributed by atoms with E-state index >= 15 is 0 Å². The van der Waals surface area contributed by atoms with Gasteiger partial charge in [0.05, 0.1) is 18.4 Å². The summed E-state index contributed by atoms with van der Waals surface area (Å²) in [5.41, 5.74) is 1.19. The largest absolute Gasteiger partial charge is 0.480 e. The first-order chi connectivity index (χ1) is 9.93. The van der Waals surface area contributed by atoms with Crippen molar-refractivity contribution in [2.24, 2.45) is 7.05 Å². The van der Waals surface area contributed by atoms with Crippen molar-refractivity contribution < 1.29 is 19.4 Å². The second kappa shape index (κ2) is 5.61. The summed E-state index contributed by atoms with van der Waals surface area (Å²) in [5, 5.41) is 15.6. The number of pyridine rings is 1. The number of aryl methyl sites for hydroxylation is 2. The monoisotopic (exact) mass is 290 g/mol. The Morgan fingerprint density at radius 3 is 2.62 bits per heavy atom. The van der Waals surface area contributed by atoms with Crippen LogP contribution in [0.25, 0.3) is 0 Å². The third-order valence-electron chi connectivity index (χ3n) is 2.85. The molecule has 0 unspecified atom stereocenters. The molecule has 21 heavy (non-hydrogen) atoms. The third-order valence-corrected chi connectivity index (χ3v) is 2.85. The van der Waals surface area contributed by atoms with Crippen LogP contribution in [0, 0.1) is 6.92 Å². The maximum atomic E-state index is 12.1. The van der Waals surface area contributed by atoms with Gasteiger partial charge in [0.1, 0.15) is 11.4 Å². The van der Waals surface area contributed by atoms with Gasteiger partial charge < -0.3 is 15.2 Å². The van der Waals surface area contributed by atoms with Crippen LogP contribution in [0.3, 0.4) is 0 Å². The highest BCUT2D eigenvalue weighted by molar-refractivity contribution is 6.05. The van der Waals surface area contributed by atoms with E-state index in [1.165, 1.54) is 30.1 Å². The van der Waals surface area contributed by atoms with Crippen molar-refractivity contribution in [1.82, 2.24) is 14.8 Å². The number of rotatable bonds is 4. The predicted octanol–water partition coefficient (Wildman–Crippen LogP) is 1.08. The molecule has 0 radical (unpaired) electrons. The molecule has 0 aliphatic rings. The van der Waals surface area contributed by atoms with Gasteiger partial charge in [0, 0.05) is 13.2 Å². The smallest absolute Gasteiger partial charge is 0.354 e. The van der Waals surface area contributed by atoms with Crippen molar-refractivity contribution in [2.45, 2.75) is 6.92 Å². The second-order valence-electron chi connectivity index (χ2n) is 4.28. The lowest BCUT2D eigenvalue weighted by atomic mass is 10.2. The quantitative estimate of drug-likeness (QED) is 0.872. The fraction of sp³-hybridized carbons (Fsp3) is 0.231. The molecule has 0 saturated carbocycles. The van der Waals surface area contributed by atoms with Crippen LogP contribution in [0.1, 0.15) is 26.5 Å². The summed E-state index contributed by atoms with van der Waals surface area (Å²) in [4.78, 5) is 26.5. The van der Waals surface area contributed by atoms with Gasteiger partial charge in [0.25, 0.3) is 5.91 Å². The van der Waals surface area contributed by atoms with Crippen LogP contribution >= 0.6 is 0 Å². The maximum absolute atomic E-state index is 12.1. The SMILES string of the molecule is COc1c(NC(=O)c2ccc(C(=O)O)nc2)c(C)nn1C. The standard InChI is InChI=1S/C13H14N4O4/c1-7-10(12(21-3)17(2)16-7)15-11(18)8-4-5-9(13(19)20)14-6-8/h4-6H,1-3H3,(H,15,18)(H,19,20). The Morgan fingerprint density at radius 1 is 1.38 bits per heavy atom. The van der Waals surface area contributed by atoms with Gasteiger partial charge in [-0.15, -0.1) is 0 Å². The highest BCUT2D eigenvalue weighted by Crippen LogP contribution is 2.27. The van der Waals surface area contributed by atoms with E-state index in [4.69, 9.17) is 9.84 Å². The summed E-state index contributed by atoms with van der Waals surface area (Å²) in [7, 11) is 3.18. The Bertz CT molecular complexity index is 691. The van der Waals surface area contributed by atoms with E-state index < -0.39 is 11.9 Å². The molecule has 110 valence electrons. The molecular weight excluding hydrogens is 276 g/mol. The van der Waals surface area contributed by atoms with Gasteiger partial charge in [-0.1, -0.05) is 0 Å². The Balaban J connectivity index is 2.24. The van der Waals surface area contributed by atoms with Crippen LogP contribution in [0.4, 0.5) is 5.69 Å². The second-order valence-corrected chi connectivity index (χ2v) is 4.28. The van der Waals surface area contributed by atoms with Crippen molar-refractivity contribution in [3.63, 3.8) is 0 Å². The van der Waals surface area contributed by atoms with Gasteiger partial charge in [-0.05, 0) is 19.1 Å². The number of hydrogen-bond acceptors (Lipinski definition) is 5. The Kier molecular flexibility index (Phi) is 3.88. The van der Waals surface area contributed by atoms with E-state index in [-0.39, 0.29) is 11.3 Å². The highest BCUT2D eigenvalue weighted by atomic mass is 16.5. The van der Waals surface area contributed by atoms with E-state index in [1.54, 1.807) is 14.0 Å². The van der Waals surface area contributed by atoms with Gasteiger partial charge in [0.15, 0.2) is 0 Å². The Labute approximate surface area is 120 Å². The average molecular weight is 290 g/mol. The summed E-state index contributed by atoms with van der Waals surface area (Å²) in [5.74, 6) is -1.14. The number of carbonyl (C=O) groups is 2. The molecule has 0 saturated heterocycles. The molecule has 2 heterocycles. The fourth-order valence-corrected chi connectivity index (χ4v) is 1.86. The molecule has 0 bridgehead atoms. The number of carbonyl (C=O) groups excluding carboxylic acids is 1. The van der Waals surface area contributed by atoms with Crippen molar-refractivity contribution in [3.05, 3.63) is 35.3 Å². The molecular formula is C13H14N4O4. The van der Waals surface area contributed by atoms with Gasteiger partial charge in [-0.25, -0.2) is 14.5 Å². The summed E-state index contributed by atoms with van der Waals surface area (Å²) < 4.78 is 6.69. The third kappa shape index (κ3) is 2.83. The number of hydrogen-bond donors (Lipinski definition) is 2. The lowest BCUT2D eigenvalue weighted by molar-refractivity contribution is 0.0690. The number of nitrogens with zero attached hydrogens (tertiary/aromatic N) is 3. The molecule has 0 spiro atoms. The number of amides is 1.